The molecule has 0 bridgehead atoms. The number of hydrogen-bond acceptors (Lipinski definition) is 5. The van der Waals surface area contributed by atoms with E-state index in [1.165, 1.54) is 0 Å². The van der Waals surface area contributed by atoms with Crippen LogP contribution in [0.2, 0.25) is 0 Å². The Balaban J connectivity index is 1.15. The van der Waals surface area contributed by atoms with E-state index in [1.807, 2.05) is 44.9 Å². The Labute approximate surface area is 217 Å². The molecule has 1 saturated carbocycles. The predicted octanol–water partition coefficient (Wildman–Crippen LogP) is 4.23. The van der Waals surface area contributed by atoms with Crippen molar-refractivity contribution in [2.75, 3.05) is 13.1 Å². The van der Waals surface area contributed by atoms with E-state index in [0.29, 0.717) is 38.8 Å². The van der Waals surface area contributed by atoms with Crippen molar-refractivity contribution < 1.29 is 27.6 Å². The Kier molecular flexibility index (Phi) is 7.23. The number of carbonyl (C=O) groups excluding carboxylic acids is 1. The highest BCUT2D eigenvalue weighted by molar-refractivity contribution is 6.62. The number of amides is 2. The fourth-order valence-electron chi connectivity index (χ4n) is 5.56. The maximum Gasteiger partial charge on any atom is 0.494 e. The molecule has 8 nitrogen and oxygen atoms in total. The second-order valence-electron chi connectivity index (χ2n) is 11.5. The third kappa shape index (κ3) is 5.49. The van der Waals surface area contributed by atoms with Crippen molar-refractivity contribution >= 4 is 29.5 Å². The first-order chi connectivity index (χ1) is 17.5. The van der Waals surface area contributed by atoms with E-state index in [9.17, 15) is 13.6 Å². The number of alkyl halides is 2. The molecule has 3 heterocycles. The van der Waals surface area contributed by atoms with Crippen LogP contribution in [0, 0.1) is 0 Å². The lowest BCUT2D eigenvalue weighted by atomic mass is 9.78. The Morgan fingerprint density at radius 1 is 1.08 bits per heavy atom. The molecule has 37 heavy (non-hydrogen) atoms. The van der Waals surface area contributed by atoms with Crippen molar-refractivity contribution in [2.45, 2.75) is 102 Å². The van der Waals surface area contributed by atoms with Gasteiger partial charge >= 0.3 is 19.8 Å². The minimum absolute atomic E-state index is 0.0102. The number of fused-ring (bicyclic) bond motifs is 1. The van der Waals surface area contributed by atoms with Gasteiger partial charge in [0.15, 0.2) is 0 Å². The van der Waals surface area contributed by atoms with E-state index >= 15 is 0 Å². The van der Waals surface area contributed by atoms with Crippen LogP contribution in [0.1, 0.15) is 72.3 Å². The number of benzene rings is 1. The number of hydrogen-bond donors (Lipinski definition) is 1. The lowest BCUT2D eigenvalue weighted by Gasteiger charge is -2.35. The van der Waals surface area contributed by atoms with Crippen LogP contribution in [-0.4, -0.2) is 70.9 Å². The average molecular weight is 518 g/mol. The van der Waals surface area contributed by atoms with Crippen molar-refractivity contribution in [3.05, 3.63) is 24.4 Å². The van der Waals surface area contributed by atoms with Crippen molar-refractivity contribution in [2.24, 2.45) is 0 Å². The highest BCUT2D eigenvalue weighted by Gasteiger charge is 2.51. The quantitative estimate of drug-likeness (QED) is 0.600. The van der Waals surface area contributed by atoms with Gasteiger partial charge in [0, 0.05) is 24.5 Å². The smallest absolute Gasteiger partial charge is 0.399 e. The van der Waals surface area contributed by atoms with Gasteiger partial charge in [-0.1, -0.05) is 12.1 Å². The SMILES string of the molecule is CC1(C)OB(c2ccc3c(cnn3C3CCN(C(=O)NC4CCC(OC(F)F)CC4)CC3)c2)OC1(C)C. The number of aromatic nitrogens is 2. The van der Waals surface area contributed by atoms with Crippen LogP contribution in [0.15, 0.2) is 24.4 Å². The summed E-state index contributed by atoms with van der Waals surface area (Å²) in [5.74, 6) is 0. The van der Waals surface area contributed by atoms with E-state index in [4.69, 9.17) is 9.31 Å². The van der Waals surface area contributed by atoms with Gasteiger partial charge in [-0.15, -0.1) is 0 Å². The fourth-order valence-corrected chi connectivity index (χ4v) is 5.56. The number of nitrogens with zero attached hydrogens (tertiary/aromatic N) is 3. The largest absolute Gasteiger partial charge is 0.494 e. The van der Waals surface area contributed by atoms with Gasteiger partial charge < -0.3 is 24.3 Å². The normalized spacial score (nSPS) is 26.2. The third-order valence-corrected chi connectivity index (χ3v) is 8.54. The number of urea groups is 1. The number of halogens is 2. The summed E-state index contributed by atoms with van der Waals surface area (Å²) < 4.78 is 43.9. The summed E-state index contributed by atoms with van der Waals surface area (Å²) in [6.07, 6.45) is 5.51. The zero-order valence-electron chi connectivity index (χ0n) is 22.1. The minimum atomic E-state index is -2.73. The average Bonchev–Trinajstić information content (AvgIpc) is 3.36. The molecule has 0 unspecified atom stereocenters. The Morgan fingerprint density at radius 2 is 1.73 bits per heavy atom. The number of rotatable bonds is 5. The Bertz CT molecular complexity index is 1100. The van der Waals surface area contributed by atoms with Crippen LogP contribution in [0.3, 0.4) is 0 Å². The zero-order chi connectivity index (χ0) is 26.4. The van der Waals surface area contributed by atoms with Gasteiger partial charge in [0.2, 0.25) is 0 Å². The maximum atomic E-state index is 12.8. The first-order valence-electron chi connectivity index (χ1n) is 13.3. The topological polar surface area (TPSA) is 77.9 Å². The summed E-state index contributed by atoms with van der Waals surface area (Å²) in [4.78, 5) is 14.7. The van der Waals surface area contributed by atoms with E-state index in [2.05, 4.69) is 32.0 Å². The van der Waals surface area contributed by atoms with Gasteiger partial charge in [0.1, 0.15) is 0 Å². The van der Waals surface area contributed by atoms with Crippen LogP contribution in [0.5, 0.6) is 0 Å². The molecular formula is C26H37BF2N4O4. The second-order valence-corrected chi connectivity index (χ2v) is 11.5. The molecule has 1 aromatic carbocycles. The minimum Gasteiger partial charge on any atom is -0.399 e. The van der Waals surface area contributed by atoms with Gasteiger partial charge in [-0.2, -0.15) is 13.9 Å². The molecule has 0 radical (unpaired) electrons. The second kappa shape index (κ2) is 10.1. The van der Waals surface area contributed by atoms with E-state index in [1.54, 1.807) is 0 Å². The summed E-state index contributed by atoms with van der Waals surface area (Å²) in [5, 5.41) is 8.81. The zero-order valence-corrected chi connectivity index (χ0v) is 22.1. The van der Waals surface area contributed by atoms with E-state index in [0.717, 1.165) is 29.2 Å². The fraction of sp³-hybridized carbons (Fsp3) is 0.692. The first kappa shape index (κ1) is 26.4. The molecule has 202 valence electrons. The summed E-state index contributed by atoms with van der Waals surface area (Å²) in [7, 11) is -0.411. The summed E-state index contributed by atoms with van der Waals surface area (Å²) in [6, 6.07) is 6.36. The molecule has 5 rings (SSSR count). The molecule has 11 heteroatoms. The van der Waals surface area contributed by atoms with Crippen LogP contribution in [0.25, 0.3) is 10.9 Å². The van der Waals surface area contributed by atoms with Gasteiger partial charge in [-0.3, -0.25) is 4.68 Å². The van der Waals surface area contributed by atoms with E-state index in [-0.39, 0.29) is 29.3 Å². The molecule has 2 aromatic rings. The van der Waals surface area contributed by atoms with Gasteiger partial charge in [0.05, 0.1) is 35.1 Å². The molecule has 1 aliphatic carbocycles. The first-order valence-corrected chi connectivity index (χ1v) is 13.3. The van der Waals surface area contributed by atoms with Crippen LogP contribution >= 0.6 is 0 Å². The molecule has 1 aromatic heterocycles. The van der Waals surface area contributed by atoms with Crippen LogP contribution in [-0.2, 0) is 14.0 Å². The lowest BCUT2D eigenvalue weighted by Crippen LogP contribution is -2.49. The molecule has 0 spiro atoms. The molecule has 0 atom stereocenters. The summed E-state index contributed by atoms with van der Waals surface area (Å²) in [6.45, 7) is 6.75. The molecule has 3 fully saturated rings. The summed E-state index contributed by atoms with van der Waals surface area (Å²) >= 11 is 0. The molecule has 2 aliphatic heterocycles. The number of likely N-dealkylation sites (tertiary alicyclic amines) is 1. The number of ether oxygens (including phenoxy) is 1. The van der Waals surface area contributed by atoms with Crippen LogP contribution < -0.4 is 10.8 Å². The highest BCUT2D eigenvalue weighted by atomic mass is 19.3. The molecular weight excluding hydrogens is 481 g/mol. The van der Waals surface area contributed by atoms with Crippen molar-refractivity contribution in [1.29, 1.82) is 0 Å². The number of nitrogens with one attached hydrogen (secondary N) is 1. The maximum absolute atomic E-state index is 12.8. The Hall–Kier alpha value is -2.24. The number of piperidine rings is 1. The van der Waals surface area contributed by atoms with Crippen molar-refractivity contribution in [3.63, 3.8) is 0 Å². The molecule has 2 amide bonds. The van der Waals surface area contributed by atoms with E-state index < -0.39 is 19.8 Å². The van der Waals surface area contributed by atoms with Gasteiger partial charge in [-0.05, 0) is 77.7 Å². The van der Waals surface area contributed by atoms with Crippen molar-refractivity contribution in [1.82, 2.24) is 20.0 Å². The van der Waals surface area contributed by atoms with Gasteiger partial charge in [-0.25, -0.2) is 4.79 Å². The van der Waals surface area contributed by atoms with Gasteiger partial charge in [0.25, 0.3) is 0 Å². The van der Waals surface area contributed by atoms with Crippen LogP contribution in [0.4, 0.5) is 13.6 Å². The third-order valence-electron chi connectivity index (χ3n) is 8.54. The molecule has 2 saturated heterocycles. The lowest BCUT2D eigenvalue weighted by molar-refractivity contribution is -0.170. The predicted molar refractivity (Wildman–Crippen MR) is 137 cm³/mol. The molecule has 3 aliphatic rings. The number of carbonyl (C=O) groups is 1. The van der Waals surface area contributed by atoms with Crippen molar-refractivity contribution in [3.8, 4) is 0 Å². The highest BCUT2D eigenvalue weighted by Crippen LogP contribution is 2.37. The molecule has 1 N–H and O–H groups in total. The monoisotopic (exact) mass is 518 g/mol. The summed E-state index contributed by atoms with van der Waals surface area (Å²) in [5.41, 5.74) is 1.26. The standard InChI is InChI=1S/C26H37BF2N4O4/c1-25(2)26(3,4)37-27(36-25)18-5-10-22-17(15-18)16-30-33(22)20-11-13-32(14-12-20)24(34)31-19-6-8-21(9-7-19)35-23(28)29/h5,10,15-16,19-21,23H,6-9,11-14H2,1-4H3,(H,31,34). The Morgan fingerprint density at radius 3 is 2.35 bits per heavy atom.